The maximum atomic E-state index is 11.4. The van der Waals surface area contributed by atoms with Gasteiger partial charge in [-0.3, -0.25) is 4.79 Å². The van der Waals surface area contributed by atoms with Gasteiger partial charge in [0.25, 0.3) is 0 Å². The van der Waals surface area contributed by atoms with E-state index < -0.39 is 5.97 Å². The van der Waals surface area contributed by atoms with Gasteiger partial charge in [-0.2, -0.15) is 0 Å². The van der Waals surface area contributed by atoms with Crippen LogP contribution in [0.3, 0.4) is 0 Å². The Bertz CT molecular complexity index is 451. The summed E-state index contributed by atoms with van der Waals surface area (Å²) in [5.41, 5.74) is 0.825. The van der Waals surface area contributed by atoms with Crippen molar-refractivity contribution in [2.75, 3.05) is 7.11 Å². The van der Waals surface area contributed by atoms with E-state index in [1.54, 1.807) is 24.3 Å². The highest BCUT2D eigenvalue weighted by Crippen LogP contribution is 2.12. The van der Waals surface area contributed by atoms with Crippen LogP contribution in [-0.4, -0.2) is 19.0 Å². The molecule has 4 nitrogen and oxygen atoms in total. The molecule has 1 N–H and O–H groups in total. The fraction of sp³-hybridized carbons (Fsp3) is 0.167. The molecule has 0 aliphatic heterocycles. The topological polar surface area (TPSA) is 55.4 Å². The number of esters is 1. The van der Waals surface area contributed by atoms with E-state index in [0.29, 0.717) is 5.02 Å². The lowest BCUT2D eigenvalue weighted by atomic mass is 10.2. The van der Waals surface area contributed by atoms with Crippen LogP contribution in [0.15, 0.2) is 30.0 Å². The first kappa shape index (κ1) is 13.3. The van der Waals surface area contributed by atoms with Gasteiger partial charge in [-0.15, -0.1) is 0 Å². The van der Waals surface area contributed by atoms with Crippen molar-refractivity contribution in [2.45, 2.75) is 6.92 Å². The summed E-state index contributed by atoms with van der Waals surface area (Å²) in [4.78, 5) is 22.3. The van der Waals surface area contributed by atoms with Crippen molar-refractivity contribution in [3.63, 3.8) is 0 Å². The molecule has 0 spiro atoms. The summed E-state index contributed by atoms with van der Waals surface area (Å²) in [6.07, 6.45) is 1.52. The zero-order valence-electron chi connectivity index (χ0n) is 9.49. The van der Waals surface area contributed by atoms with Crippen molar-refractivity contribution < 1.29 is 14.3 Å². The molecule has 90 valence electrons. The molecule has 17 heavy (non-hydrogen) atoms. The van der Waals surface area contributed by atoms with Crippen LogP contribution in [0.4, 0.5) is 0 Å². The molecule has 0 unspecified atom stereocenters. The van der Waals surface area contributed by atoms with Crippen LogP contribution >= 0.6 is 11.6 Å². The van der Waals surface area contributed by atoms with Gasteiger partial charge in [0.15, 0.2) is 0 Å². The van der Waals surface area contributed by atoms with E-state index in [0.717, 1.165) is 5.56 Å². The van der Waals surface area contributed by atoms with Gasteiger partial charge in [-0.1, -0.05) is 23.7 Å². The lowest BCUT2D eigenvalue weighted by Gasteiger charge is -2.05. The molecule has 0 heterocycles. The molecule has 0 aliphatic rings. The molecule has 0 aromatic heterocycles. The van der Waals surface area contributed by atoms with Gasteiger partial charge >= 0.3 is 5.97 Å². The Morgan fingerprint density at radius 2 is 1.88 bits per heavy atom. The molecule has 1 amide bonds. The van der Waals surface area contributed by atoms with Crippen LogP contribution in [-0.2, 0) is 14.3 Å². The number of carbonyl (C=O) groups excluding carboxylic acids is 2. The van der Waals surface area contributed by atoms with Crippen LogP contribution < -0.4 is 5.32 Å². The number of ether oxygens (including phenoxy) is 1. The lowest BCUT2D eigenvalue weighted by Crippen LogP contribution is -2.25. The highest BCUT2D eigenvalue weighted by atomic mass is 35.5. The van der Waals surface area contributed by atoms with Gasteiger partial charge in [0.05, 0.1) is 7.11 Å². The predicted molar refractivity (Wildman–Crippen MR) is 65.3 cm³/mol. The number of halogens is 1. The zero-order chi connectivity index (χ0) is 12.8. The Balaban J connectivity index is 3.00. The molecule has 0 saturated heterocycles. The molecular weight excluding hydrogens is 242 g/mol. The molecule has 5 heteroatoms. The van der Waals surface area contributed by atoms with E-state index in [9.17, 15) is 9.59 Å². The Hall–Kier alpha value is -1.81. The molecule has 0 radical (unpaired) electrons. The first-order valence-corrected chi connectivity index (χ1v) is 5.24. The summed E-state index contributed by atoms with van der Waals surface area (Å²) >= 11 is 5.74. The number of hydrogen-bond donors (Lipinski definition) is 1. The van der Waals surface area contributed by atoms with E-state index in [1.165, 1.54) is 20.1 Å². The highest BCUT2D eigenvalue weighted by molar-refractivity contribution is 6.30. The van der Waals surface area contributed by atoms with Gasteiger partial charge in [-0.25, -0.2) is 4.79 Å². The number of benzene rings is 1. The van der Waals surface area contributed by atoms with E-state index in [1.807, 2.05) is 0 Å². The van der Waals surface area contributed by atoms with Crippen molar-refractivity contribution in [3.8, 4) is 0 Å². The van der Waals surface area contributed by atoms with Crippen LogP contribution in [0.25, 0.3) is 6.08 Å². The van der Waals surface area contributed by atoms with Crippen LogP contribution in [0, 0.1) is 0 Å². The highest BCUT2D eigenvalue weighted by Gasteiger charge is 2.10. The van der Waals surface area contributed by atoms with Gasteiger partial charge in [0.2, 0.25) is 5.91 Å². The molecule has 0 atom stereocenters. The Morgan fingerprint density at radius 3 is 2.35 bits per heavy atom. The average Bonchev–Trinajstić information content (AvgIpc) is 2.29. The normalized spacial score (nSPS) is 10.9. The molecule has 0 saturated carbocycles. The van der Waals surface area contributed by atoms with Crippen LogP contribution in [0.2, 0.25) is 5.02 Å². The van der Waals surface area contributed by atoms with Crippen LogP contribution in [0.1, 0.15) is 12.5 Å². The Kier molecular flexibility index (Phi) is 4.72. The molecule has 0 aliphatic carbocycles. The average molecular weight is 254 g/mol. The SMILES string of the molecule is COC(=O)/C(=C\c1ccc(Cl)cc1)NC(C)=O. The lowest BCUT2D eigenvalue weighted by molar-refractivity contribution is -0.137. The summed E-state index contributed by atoms with van der Waals surface area (Å²) in [7, 11) is 1.25. The van der Waals surface area contributed by atoms with Crippen LogP contribution in [0.5, 0.6) is 0 Å². The fourth-order valence-electron chi connectivity index (χ4n) is 1.17. The van der Waals surface area contributed by atoms with Crippen molar-refractivity contribution in [1.82, 2.24) is 5.32 Å². The molecule has 1 aromatic carbocycles. The van der Waals surface area contributed by atoms with E-state index in [4.69, 9.17) is 11.6 Å². The van der Waals surface area contributed by atoms with E-state index >= 15 is 0 Å². The van der Waals surface area contributed by atoms with Gasteiger partial charge in [-0.05, 0) is 23.8 Å². The zero-order valence-corrected chi connectivity index (χ0v) is 10.2. The molecule has 0 fully saturated rings. The molecule has 0 bridgehead atoms. The standard InChI is InChI=1S/C12H12ClNO3/c1-8(15)14-11(12(16)17-2)7-9-3-5-10(13)6-4-9/h3-7H,1-2H3,(H,14,15)/b11-7+. The van der Waals surface area contributed by atoms with E-state index in [-0.39, 0.29) is 11.6 Å². The van der Waals surface area contributed by atoms with Crippen molar-refractivity contribution in [1.29, 1.82) is 0 Å². The number of nitrogens with one attached hydrogen (secondary N) is 1. The van der Waals surface area contributed by atoms with Gasteiger partial charge < -0.3 is 10.1 Å². The molecular formula is C12H12ClNO3. The molecule has 1 rings (SSSR count). The number of carbonyl (C=O) groups is 2. The first-order valence-electron chi connectivity index (χ1n) is 4.86. The second-order valence-electron chi connectivity index (χ2n) is 3.28. The summed E-state index contributed by atoms with van der Waals surface area (Å²) in [5.74, 6) is -0.939. The third kappa shape index (κ3) is 4.28. The van der Waals surface area contributed by atoms with Crippen molar-refractivity contribution in [3.05, 3.63) is 40.5 Å². The smallest absolute Gasteiger partial charge is 0.354 e. The van der Waals surface area contributed by atoms with Gasteiger partial charge in [0.1, 0.15) is 5.70 Å². The third-order valence-electron chi connectivity index (χ3n) is 1.90. The predicted octanol–water partition coefficient (Wildman–Crippen LogP) is 1.99. The summed E-state index contributed by atoms with van der Waals surface area (Å²) < 4.78 is 4.56. The minimum Gasteiger partial charge on any atom is -0.464 e. The summed E-state index contributed by atoms with van der Waals surface area (Å²) in [6, 6.07) is 6.84. The van der Waals surface area contributed by atoms with Crippen molar-refractivity contribution in [2.24, 2.45) is 0 Å². The fourth-order valence-corrected chi connectivity index (χ4v) is 1.30. The maximum Gasteiger partial charge on any atom is 0.354 e. The monoisotopic (exact) mass is 253 g/mol. The summed E-state index contributed by atoms with van der Waals surface area (Å²) in [5, 5.41) is 3.01. The maximum absolute atomic E-state index is 11.4. The Morgan fingerprint density at radius 1 is 1.29 bits per heavy atom. The minimum absolute atomic E-state index is 0.0855. The van der Waals surface area contributed by atoms with Crippen molar-refractivity contribution >= 4 is 29.6 Å². The number of amides is 1. The number of rotatable bonds is 3. The minimum atomic E-state index is -0.602. The third-order valence-corrected chi connectivity index (χ3v) is 2.15. The first-order chi connectivity index (χ1) is 8.02. The largest absolute Gasteiger partial charge is 0.464 e. The second kappa shape index (κ2) is 6.06. The molecule has 1 aromatic rings. The Labute approximate surface area is 104 Å². The van der Waals surface area contributed by atoms with E-state index in [2.05, 4.69) is 10.1 Å². The quantitative estimate of drug-likeness (QED) is 0.662. The second-order valence-corrected chi connectivity index (χ2v) is 3.72. The number of hydrogen-bond acceptors (Lipinski definition) is 3. The van der Waals surface area contributed by atoms with Gasteiger partial charge in [0, 0.05) is 11.9 Å². The number of methoxy groups -OCH3 is 1. The summed E-state index contributed by atoms with van der Waals surface area (Å²) in [6.45, 7) is 1.32.